The largest absolute Gasteiger partial charge is 0.305 e. The second-order valence-electron chi connectivity index (χ2n) is 5.83. The Morgan fingerprint density at radius 2 is 1.81 bits per heavy atom. The van der Waals surface area contributed by atoms with Crippen LogP contribution >= 0.6 is 0 Å². The summed E-state index contributed by atoms with van der Waals surface area (Å²) < 4.78 is 0. The summed E-state index contributed by atoms with van der Waals surface area (Å²) in [5.41, 5.74) is 7.82. The van der Waals surface area contributed by atoms with Gasteiger partial charge in [-0.25, -0.2) is 0 Å². The Kier molecular flexibility index (Phi) is 4.74. The smallest absolute Gasteiger partial charge is 0.0389 e. The first-order valence-corrected chi connectivity index (χ1v) is 7.37. The lowest BCUT2D eigenvalue weighted by Gasteiger charge is -2.10. The molecule has 0 spiro atoms. The first kappa shape index (κ1) is 15.2. The number of hydrogen-bond acceptors (Lipinski definition) is 1. The van der Waals surface area contributed by atoms with Crippen molar-refractivity contribution in [2.24, 2.45) is 0 Å². The third kappa shape index (κ3) is 3.91. The van der Waals surface area contributed by atoms with Crippen molar-refractivity contribution in [3.05, 3.63) is 71.3 Å². The highest BCUT2D eigenvalue weighted by Gasteiger charge is 2.06. The van der Waals surface area contributed by atoms with E-state index in [4.69, 9.17) is 5.41 Å². The molecule has 0 atom stereocenters. The summed E-state index contributed by atoms with van der Waals surface area (Å²) >= 11 is 0. The second kappa shape index (κ2) is 6.53. The van der Waals surface area contributed by atoms with Crippen LogP contribution in [-0.2, 0) is 0 Å². The van der Waals surface area contributed by atoms with Crippen molar-refractivity contribution >= 4 is 5.71 Å². The Bertz CT molecular complexity index is 680. The van der Waals surface area contributed by atoms with Crippen LogP contribution in [0, 0.1) is 19.3 Å². The number of nitrogens with one attached hydrogen (secondary N) is 1. The molecular formula is C20H23N. The van der Waals surface area contributed by atoms with Crippen LogP contribution in [0.3, 0.4) is 0 Å². The van der Waals surface area contributed by atoms with Gasteiger partial charge in [0.2, 0.25) is 0 Å². The molecule has 0 aliphatic carbocycles. The van der Waals surface area contributed by atoms with Crippen LogP contribution in [-0.4, -0.2) is 5.71 Å². The first-order valence-electron chi connectivity index (χ1n) is 7.37. The van der Waals surface area contributed by atoms with Gasteiger partial charge >= 0.3 is 0 Å². The topological polar surface area (TPSA) is 23.9 Å². The summed E-state index contributed by atoms with van der Waals surface area (Å²) in [6.45, 7) is 10.1. The Balaban J connectivity index is 2.25. The first-order chi connectivity index (χ1) is 9.97. The third-order valence-electron chi connectivity index (χ3n) is 3.71. The number of benzene rings is 2. The minimum atomic E-state index is 0.692. The predicted molar refractivity (Wildman–Crippen MR) is 92.2 cm³/mol. The summed E-state index contributed by atoms with van der Waals surface area (Å²) in [5.74, 6) is 0. The average Bonchev–Trinajstić information content (AvgIpc) is 2.44. The zero-order valence-electron chi connectivity index (χ0n) is 13.2. The van der Waals surface area contributed by atoms with Gasteiger partial charge in [-0.05, 0) is 61.9 Å². The van der Waals surface area contributed by atoms with Crippen LogP contribution in [0.5, 0.6) is 0 Å². The summed E-state index contributed by atoms with van der Waals surface area (Å²) in [7, 11) is 0. The van der Waals surface area contributed by atoms with Gasteiger partial charge in [0.15, 0.2) is 0 Å². The number of hydrogen-bond donors (Lipinski definition) is 1. The lowest BCUT2D eigenvalue weighted by molar-refractivity contribution is 1.01. The number of aryl methyl sites for hydroxylation is 2. The lowest BCUT2D eigenvalue weighted by atomic mass is 9.95. The zero-order valence-corrected chi connectivity index (χ0v) is 13.2. The van der Waals surface area contributed by atoms with Crippen LogP contribution < -0.4 is 0 Å². The SMILES string of the molecule is C=C(C)CCC(=N)c1ccc(-c2cccc(C)c2)c(C)c1. The quantitative estimate of drug-likeness (QED) is 0.536. The highest BCUT2D eigenvalue weighted by molar-refractivity contribution is 5.99. The van der Waals surface area contributed by atoms with E-state index in [0.717, 1.165) is 24.0 Å². The van der Waals surface area contributed by atoms with Crippen molar-refractivity contribution < 1.29 is 0 Å². The fourth-order valence-electron chi connectivity index (χ4n) is 2.47. The van der Waals surface area contributed by atoms with E-state index < -0.39 is 0 Å². The zero-order chi connectivity index (χ0) is 15.4. The van der Waals surface area contributed by atoms with Crippen LogP contribution in [0.15, 0.2) is 54.6 Å². The van der Waals surface area contributed by atoms with E-state index in [1.165, 1.54) is 22.3 Å². The standard InChI is InChI=1S/C20H23N/c1-14(2)8-11-20(21)18-9-10-19(16(4)13-18)17-7-5-6-15(3)12-17/h5-7,9-10,12-13,21H,1,8,11H2,2-4H3. The maximum Gasteiger partial charge on any atom is 0.0389 e. The molecule has 0 bridgehead atoms. The highest BCUT2D eigenvalue weighted by atomic mass is 14.4. The predicted octanol–water partition coefficient (Wildman–Crippen LogP) is 5.69. The second-order valence-corrected chi connectivity index (χ2v) is 5.83. The molecule has 0 heterocycles. The van der Waals surface area contributed by atoms with Gasteiger partial charge in [0, 0.05) is 5.71 Å². The molecule has 1 nitrogen and oxygen atoms in total. The molecule has 2 aromatic carbocycles. The molecule has 2 aromatic rings. The minimum absolute atomic E-state index is 0.692. The molecule has 0 aliphatic rings. The van der Waals surface area contributed by atoms with E-state index in [0.29, 0.717) is 5.71 Å². The van der Waals surface area contributed by atoms with E-state index >= 15 is 0 Å². The van der Waals surface area contributed by atoms with Crippen molar-refractivity contribution in [1.29, 1.82) is 5.41 Å². The molecule has 0 unspecified atom stereocenters. The van der Waals surface area contributed by atoms with Crippen LogP contribution in [0.25, 0.3) is 11.1 Å². The molecule has 0 fully saturated rings. The monoisotopic (exact) mass is 277 g/mol. The van der Waals surface area contributed by atoms with Crippen molar-refractivity contribution in [2.45, 2.75) is 33.6 Å². The molecule has 1 N–H and O–H groups in total. The number of rotatable bonds is 5. The third-order valence-corrected chi connectivity index (χ3v) is 3.71. The molecule has 2 rings (SSSR count). The molecule has 0 saturated heterocycles. The summed E-state index contributed by atoms with van der Waals surface area (Å²) in [6, 6.07) is 14.9. The van der Waals surface area contributed by atoms with Gasteiger partial charge in [0.1, 0.15) is 0 Å². The van der Waals surface area contributed by atoms with E-state index in [-0.39, 0.29) is 0 Å². The van der Waals surface area contributed by atoms with Crippen molar-refractivity contribution in [3.8, 4) is 11.1 Å². The van der Waals surface area contributed by atoms with Gasteiger partial charge in [-0.3, -0.25) is 0 Å². The van der Waals surface area contributed by atoms with E-state index in [1.54, 1.807) is 0 Å². The summed E-state index contributed by atoms with van der Waals surface area (Å²) in [4.78, 5) is 0. The maximum absolute atomic E-state index is 8.19. The number of allylic oxidation sites excluding steroid dienone is 1. The van der Waals surface area contributed by atoms with Crippen molar-refractivity contribution in [2.75, 3.05) is 0 Å². The molecule has 21 heavy (non-hydrogen) atoms. The van der Waals surface area contributed by atoms with E-state index in [1.807, 2.05) is 6.92 Å². The Morgan fingerprint density at radius 3 is 2.43 bits per heavy atom. The summed E-state index contributed by atoms with van der Waals surface area (Å²) in [5, 5.41) is 8.19. The Labute approximate surface area is 127 Å². The van der Waals surface area contributed by atoms with Crippen molar-refractivity contribution in [1.82, 2.24) is 0 Å². The normalized spacial score (nSPS) is 10.4. The van der Waals surface area contributed by atoms with Crippen molar-refractivity contribution in [3.63, 3.8) is 0 Å². The van der Waals surface area contributed by atoms with Gasteiger partial charge in [0.25, 0.3) is 0 Å². The molecule has 0 aliphatic heterocycles. The molecule has 108 valence electrons. The lowest BCUT2D eigenvalue weighted by Crippen LogP contribution is -2.00. The maximum atomic E-state index is 8.19. The minimum Gasteiger partial charge on any atom is -0.305 e. The van der Waals surface area contributed by atoms with E-state index in [2.05, 4.69) is 62.9 Å². The molecule has 0 saturated carbocycles. The fraction of sp³-hybridized carbons (Fsp3) is 0.250. The highest BCUT2D eigenvalue weighted by Crippen LogP contribution is 2.25. The molecular weight excluding hydrogens is 254 g/mol. The van der Waals surface area contributed by atoms with E-state index in [9.17, 15) is 0 Å². The van der Waals surface area contributed by atoms with Gasteiger partial charge in [-0.2, -0.15) is 0 Å². The molecule has 0 aromatic heterocycles. The Morgan fingerprint density at radius 1 is 1.05 bits per heavy atom. The van der Waals surface area contributed by atoms with Crippen LogP contribution in [0.2, 0.25) is 0 Å². The van der Waals surface area contributed by atoms with Crippen LogP contribution in [0.4, 0.5) is 0 Å². The van der Waals surface area contributed by atoms with Gasteiger partial charge in [-0.15, -0.1) is 6.58 Å². The Hall–Kier alpha value is -2.15. The average molecular weight is 277 g/mol. The van der Waals surface area contributed by atoms with Gasteiger partial charge in [-0.1, -0.05) is 47.5 Å². The van der Waals surface area contributed by atoms with Gasteiger partial charge < -0.3 is 5.41 Å². The van der Waals surface area contributed by atoms with Gasteiger partial charge in [0.05, 0.1) is 0 Å². The fourth-order valence-corrected chi connectivity index (χ4v) is 2.47. The van der Waals surface area contributed by atoms with Crippen LogP contribution in [0.1, 0.15) is 36.5 Å². The molecule has 0 amide bonds. The summed E-state index contributed by atoms with van der Waals surface area (Å²) in [6.07, 6.45) is 1.65. The molecule has 1 heteroatoms. The molecule has 0 radical (unpaired) electrons.